The lowest BCUT2D eigenvalue weighted by Crippen LogP contribution is -2.30. The first-order valence-electron chi connectivity index (χ1n) is 8.26. The number of allylic oxidation sites excluding steroid dienone is 2. The Morgan fingerprint density at radius 2 is 1.96 bits per heavy atom. The lowest BCUT2D eigenvalue weighted by Gasteiger charge is -2.17. The second kappa shape index (κ2) is 9.43. The van der Waals surface area contributed by atoms with E-state index < -0.39 is 0 Å². The van der Waals surface area contributed by atoms with E-state index in [1.165, 1.54) is 37.1 Å². The summed E-state index contributed by atoms with van der Waals surface area (Å²) in [6, 6.07) is 5.55. The third kappa shape index (κ3) is 6.12. The van der Waals surface area contributed by atoms with Crippen molar-refractivity contribution in [3.05, 3.63) is 47.4 Å². The van der Waals surface area contributed by atoms with Crippen LogP contribution in [-0.2, 0) is 0 Å². The molecule has 0 spiro atoms. The summed E-state index contributed by atoms with van der Waals surface area (Å²) < 4.78 is 12.9. The predicted octanol–water partition coefficient (Wildman–Crippen LogP) is 2.35. The van der Waals surface area contributed by atoms with E-state index in [-0.39, 0.29) is 18.2 Å². The summed E-state index contributed by atoms with van der Waals surface area (Å²) in [4.78, 5) is 14.6. The van der Waals surface area contributed by atoms with Gasteiger partial charge >= 0.3 is 0 Å². The van der Waals surface area contributed by atoms with Crippen LogP contribution in [0.15, 0.2) is 36.0 Å². The molecule has 5 heteroatoms. The zero-order valence-corrected chi connectivity index (χ0v) is 13.4. The third-order valence-corrected chi connectivity index (χ3v) is 4.02. The summed E-state index contributed by atoms with van der Waals surface area (Å²) in [5, 5.41) is 12.3. The monoisotopic (exact) mass is 320 g/mol. The van der Waals surface area contributed by atoms with E-state index in [9.17, 15) is 9.18 Å². The van der Waals surface area contributed by atoms with Gasteiger partial charge in [-0.1, -0.05) is 0 Å². The van der Waals surface area contributed by atoms with Crippen LogP contribution in [0.25, 0.3) is 0 Å². The molecule has 23 heavy (non-hydrogen) atoms. The maximum absolute atomic E-state index is 12.9. The number of aliphatic hydroxyl groups excluding tert-OH is 1. The fourth-order valence-corrected chi connectivity index (χ4v) is 2.72. The van der Waals surface area contributed by atoms with E-state index in [2.05, 4.69) is 10.2 Å². The molecule has 1 aromatic rings. The molecule has 1 aliphatic rings. The average molecular weight is 320 g/mol. The Labute approximate surface area is 137 Å². The Kier molecular flexibility index (Phi) is 7.23. The van der Waals surface area contributed by atoms with Gasteiger partial charge in [0, 0.05) is 37.0 Å². The largest absolute Gasteiger partial charge is 0.396 e. The highest BCUT2D eigenvalue weighted by atomic mass is 19.1. The number of nitrogens with zero attached hydrogens (tertiary/aromatic N) is 1. The molecule has 1 saturated heterocycles. The molecule has 0 amide bonds. The van der Waals surface area contributed by atoms with Crippen molar-refractivity contribution in [3.63, 3.8) is 0 Å². The number of carbonyl (C=O) groups is 1. The van der Waals surface area contributed by atoms with E-state index >= 15 is 0 Å². The standard InChI is InChI=1S/C18H25FN2O2/c19-16-7-5-15(6-8-16)18(23)14-17(4-3-13-22)20-9-12-21-10-1-2-11-21/h5-8,14,20,22H,1-4,9-13H2/b17-14+. The molecule has 2 rings (SSSR count). The number of benzene rings is 1. The SMILES string of the molecule is O=C(/C=C(\CCCO)NCCN1CCCC1)c1ccc(F)cc1. The van der Waals surface area contributed by atoms with Gasteiger partial charge in [-0.3, -0.25) is 4.79 Å². The smallest absolute Gasteiger partial charge is 0.187 e. The summed E-state index contributed by atoms with van der Waals surface area (Å²) in [5.74, 6) is -0.499. The summed E-state index contributed by atoms with van der Waals surface area (Å²) in [7, 11) is 0. The molecule has 0 aromatic heterocycles. The summed E-state index contributed by atoms with van der Waals surface area (Å²) >= 11 is 0. The molecule has 126 valence electrons. The number of rotatable bonds is 9. The van der Waals surface area contributed by atoms with Crippen LogP contribution in [0.1, 0.15) is 36.0 Å². The number of hydrogen-bond donors (Lipinski definition) is 2. The minimum atomic E-state index is -0.352. The van der Waals surface area contributed by atoms with Gasteiger partial charge in [0.1, 0.15) is 5.82 Å². The number of hydrogen-bond acceptors (Lipinski definition) is 4. The number of carbonyl (C=O) groups excluding carboxylic acids is 1. The van der Waals surface area contributed by atoms with Crippen molar-refractivity contribution in [2.75, 3.05) is 32.8 Å². The molecule has 1 heterocycles. The first-order chi connectivity index (χ1) is 11.2. The maximum atomic E-state index is 12.9. The zero-order chi connectivity index (χ0) is 16.5. The van der Waals surface area contributed by atoms with Crippen LogP contribution in [0, 0.1) is 5.82 Å². The van der Waals surface area contributed by atoms with Crippen LogP contribution in [0.4, 0.5) is 4.39 Å². The molecule has 0 aliphatic carbocycles. The Morgan fingerprint density at radius 1 is 1.26 bits per heavy atom. The van der Waals surface area contributed by atoms with Gasteiger partial charge in [0.05, 0.1) is 0 Å². The highest BCUT2D eigenvalue weighted by molar-refractivity contribution is 6.04. The Balaban J connectivity index is 1.91. The van der Waals surface area contributed by atoms with Crippen molar-refractivity contribution in [1.82, 2.24) is 10.2 Å². The number of nitrogens with one attached hydrogen (secondary N) is 1. The van der Waals surface area contributed by atoms with Crippen molar-refractivity contribution in [3.8, 4) is 0 Å². The van der Waals surface area contributed by atoms with Gasteiger partial charge < -0.3 is 15.3 Å². The fourth-order valence-electron chi connectivity index (χ4n) is 2.72. The molecule has 0 bridgehead atoms. The van der Waals surface area contributed by atoms with Crippen molar-refractivity contribution in [2.24, 2.45) is 0 Å². The van der Waals surface area contributed by atoms with Gasteiger partial charge in [-0.2, -0.15) is 0 Å². The quantitative estimate of drug-likeness (QED) is 0.542. The molecule has 0 radical (unpaired) electrons. The first-order valence-corrected chi connectivity index (χ1v) is 8.26. The van der Waals surface area contributed by atoms with Gasteiger partial charge in [-0.25, -0.2) is 4.39 Å². The van der Waals surface area contributed by atoms with Gasteiger partial charge in [0.15, 0.2) is 5.78 Å². The molecule has 0 atom stereocenters. The van der Waals surface area contributed by atoms with E-state index in [4.69, 9.17) is 5.11 Å². The Morgan fingerprint density at radius 3 is 2.61 bits per heavy atom. The van der Waals surface area contributed by atoms with E-state index in [1.807, 2.05) is 0 Å². The van der Waals surface area contributed by atoms with Crippen molar-refractivity contribution in [1.29, 1.82) is 0 Å². The van der Waals surface area contributed by atoms with Crippen LogP contribution >= 0.6 is 0 Å². The zero-order valence-electron chi connectivity index (χ0n) is 13.4. The van der Waals surface area contributed by atoms with Crippen molar-refractivity contribution >= 4 is 5.78 Å². The van der Waals surface area contributed by atoms with Gasteiger partial charge in [0.25, 0.3) is 0 Å². The minimum absolute atomic E-state index is 0.0931. The topological polar surface area (TPSA) is 52.6 Å². The summed E-state index contributed by atoms with van der Waals surface area (Å²) in [6.07, 6.45) is 5.32. The average Bonchev–Trinajstić information content (AvgIpc) is 3.06. The third-order valence-electron chi connectivity index (χ3n) is 4.02. The number of likely N-dealkylation sites (tertiary alicyclic amines) is 1. The number of ketones is 1. The molecule has 0 unspecified atom stereocenters. The second-order valence-corrected chi connectivity index (χ2v) is 5.84. The number of halogens is 1. The van der Waals surface area contributed by atoms with Crippen molar-refractivity contribution in [2.45, 2.75) is 25.7 Å². The van der Waals surface area contributed by atoms with Gasteiger partial charge in [0.2, 0.25) is 0 Å². The maximum Gasteiger partial charge on any atom is 0.187 e. The molecule has 1 aromatic carbocycles. The Hall–Kier alpha value is -1.72. The van der Waals surface area contributed by atoms with Crippen LogP contribution < -0.4 is 5.32 Å². The summed E-state index contributed by atoms with van der Waals surface area (Å²) in [5.41, 5.74) is 1.29. The molecule has 1 fully saturated rings. The molecule has 1 aliphatic heterocycles. The van der Waals surface area contributed by atoms with Gasteiger partial charge in [-0.15, -0.1) is 0 Å². The lowest BCUT2D eigenvalue weighted by atomic mass is 10.1. The molecule has 4 nitrogen and oxygen atoms in total. The lowest BCUT2D eigenvalue weighted by molar-refractivity contribution is 0.104. The normalized spacial score (nSPS) is 15.8. The van der Waals surface area contributed by atoms with E-state index in [0.29, 0.717) is 18.4 Å². The first kappa shape index (κ1) is 17.6. The van der Waals surface area contributed by atoms with Crippen molar-refractivity contribution < 1.29 is 14.3 Å². The molecule has 0 saturated carbocycles. The predicted molar refractivity (Wildman–Crippen MR) is 88.8 cm³/mol. The summed E-state index contributed by atoms with van der Waals surface area (Å²) in [6.45, 7) is 4.13. The van der Waals surface area contributed by atoms with E-state index in [0.717, 1.165) is 31.9 Å². The molecular formula is C18H25FN2O2. The molecular weight excluding hydrogens is 295 g/mol. The molecule has 2 N–H and O–H groups in total. The second-order valence-electron chi connectivity index (χ2n) is 5.84. The van der Waals surface area contributed by atoms with Gasteiger partial charge in [-0.05, 0) is 63.0 Å². The highest BCUT2D eigenvalue weighted by Crippen LogP contribution is 2.09. The number of aliphatic hydroxyl groups is 1. The van der Waals surface area contributed by atoms with Crippen LogP contribution in [0.3, 0.4) is 0 Å². The Bertz CT molecular complexity index is 522. The van der Waals surface area contributed by atoms with Crippen LogP contribution in [0.5, 0.6) is 0 Å². The fraction of sp³-hybridized carbons (Fsp3) is 0.500. The minimum Gasteiger partial charge on any atom is -0.396 e. The van der Waals surface area contributed by atoms with E-state index in [1.54, 1.807) is 6.08 Å². The highest BCUT2D eigenvalue weighted by Gasteiger charge is 2.11. The van der Waals surface area contributed by atoms with Crippen LogP contribution in [-0.4, -0.2) is 48.6 Å². The van der Waals surface area contributed by atoms with Crippen LogP contribution in [0.2, 0.25) is 0 Å².